The summed E-state index contributed by atoms with van der Waals surface area (Å²) in [5, 5.41) is 8.72. The number of para-hydroxylation sites is 1. The van der Waals surface area contributed by atoms with E-state index in [1.807, 2.05) is 18.2 Å². The fraction of sp³-hybridized carbons (Fsp3) is 0.579. The normalized spacial score (nSPS) is 21.6. The van der Waals surface area contributed by atoms with E-state index in [4.69, 9.17) is 29.6 Å². The Morgan fingerprint density at radius 2 is 2.10 bits per heavy atom. The molecule has 11 nitrogen and oxygen atoms in total. The number of carbonyl (C=O) groups is 2. The number of phosphoric acid groups is 1. The number of aliphatic carboxylic acids is 1. The average Bonchev–Trinajstić information content (AvgIpc) is 2.75. The van der Waals surface area contributed by atoms with Crippen LogP contribution in [0.2, 0.25) is 0 Å². The van der Waals surface area contributed by atoms with Crippen LogP contribution in [-0.2, 0) is 39.1 Å². The minimum Gasteiger partial charge on any atom is -0.496 e. The number of carboxylic acids is 1. The highest BCUT2D eigenvalue weighted by molar-refractivity contribution is 7.47. The van der Waals surface area contributed by atoms with Gasteiger partial charge in [0.2, 0.25) is 0 Å². The summed E-state index contributed by atoms with van der Waals surface area (Å²) in [6.45, 7) is -0.479. The quantitative estimate of drug-likeness (QED) is 0.303. The second kappa shape index (κ2) is 12.1. The Balaban J connectivity index is 1.83. The van der Waals surface area contributed by atoms with Crippen LogP contribution in [0.5, 0.6) is 5.75 Å². The first-order valence-corrected chi connectivity index (χ1v) is 11.2. The highest BCUT2D eigenvalue weighted by atomic mass is 31.2. The molecule has 1 unspecified atom stereocenters. The standard InChI is InChI=1S/C19H28NO10P/c1-26-15-6-3-2-5-13(15)8-9-18(21)28-12-17-16(7-4-10-27-17)30-31(24,25)29-11-14(20)19(22)23/h2-3,5-6,14,16-17H,4,7-12,20H2,1H3,(H,22,23)(H,24,25)/t14-,16+,17+/m0/s1. The maximum Gasteiger partial charge on any atom is 0.472 e. The summed E-state index contributed by atoms with van der Waals surface area (Å²) in [5.74, 6) is -1.16. The predicted octanol–water partition coefficient (Wildman–Crippen LogP) is 1.26. The molecular formula is C19H28NO10P. The molecule has 1 aromatic rings. The van der Waals surface area contributed by atoms with Crippen molar-refractivity contribution >= 4 is 19.8 Å². The van der Waals surface area contributed by atoms with Gasteiger partial charge in [0, 0.05) is 13.0 Å². The summed E-state index contributed by atoms with van der Waals surface area (Å²) in [6.07, 6.45) is -0.140. The monoisotopic (exact) mass is 461 g/mol. The van der Waals surface area contributed by atoms with Crippen LogP contribution in [0, 0.1) is 0 Å². The number of hydrogen-bond donors (Lipinski definition) is 3. The average molecular weight is 461 g/mol. The van der Waals surface area contributed by atoms with E-state index in [1.165, 1.54) is 0 Å². The third-order valence-electron chi connectivity index (χ3n) is 4.58. The zero-order chi connectivity index (χ0) is 22.9. The topological polar surface area (TPSA) is 164 Å². The molecule has 4 atom stereocenters. The van der Waals surface area contributed by atoms with Gasteiger partial charge in [-0.05, 0) is 30.9 Å². The Labute approximate surface area is 180 Å². The lowest BCUT2D eigenvalue weighted by atomic mass is 10.1. The SMILES string of the molecule is COc1ccccc1CCC(=O)OC[C@H]1OCCC[C@H]1OP(=O)(O)OC[C@H](N)C(=O)O. The maximum absolute atomic E-state index is 12.1. The van der Waals surface area contributed by atoms with E-state index in [9.17, 15) is 19.0 Å². The van der Waals surface area contributed by atoms with Crippen LogP contribution in [0.1, 0.15) is 24.8 Å². The van der Waals surface area contributed by atoms with Gasteiger partial charge in [0.1, 0.15) is 24.5 Å². The fourth-order valence-corrected chi connectivity index (χ4v) is 3.92. The molecule has 0 spiro atoms. The molecule has 2 rings (SSSR count). The molecule has 0 bridgehead atoms. The van der Waals surface area contributed by atoms with Gasteiger partial charge in [0.25, 0.3) is 0 Å². The van der Waals surface area contributed by atoms with Gasteiger partial charge < -0.3 is 29.9 Å². The van der Waals surface area contributed by atoms with E-state index in [1.54, 1.807) is 13.2 Å². The predicted molar refractivity (Wildman–Crippen MR) is 108 cm³/mol. The van der Waals surface area contributed by atoms with Crippen molar-refractivity contribution in [2.45, 2.75) is 43.9 Å². The van der Waals surface area contributed by atoms with Crippen LogP contribution in [-0.4, -0.2) is 67.1 Å². The number of hydrogen-bond acceptors (Lipinski definition) is 9. The summed E-state index contributed by atoms with van der Waals surface area (Å²) in [5.41, 5.74) is 6.12. The van der Waals surface area contributed by atoms with Crippen molar-refractivity contribution in [1.82, 2.24) is 0 Å². The van der Waals surface area contributed by atoms with Crippen molar-refractivity contribution in [2.75, 3.05) is 26.9 Å². The smallest absolute Gasteiger partial charge is 0.472 e. The molecule has 1 fully saturated rings. The number of benzene rings is 1. The number of rotatable bonds is 12. The number of phosphoric ester groups is 1. The van der Waals surface area contributed by atoms with E-state index in [0.29, 0.717) is 31.6 Å². The zero-order valence-electron chi connectivity index (χ0n) is 17.2. The lowest BCUT2D eigenvalue weighted by molar-refractivity contribution is -0.154. The minimum absolute atomic E-state index is 0.118. The first-order valence-electron chi connectivity index (χ1n) is 9.75. The minimum atomic E-state index is -4.58. The molecule has 1 aromatic carbocycles. The number of carboxylic acid groups (broad SMARTS) is 1. The molecule has 12 heteroatoms. The lowest BCUT2D eigenvalue weighted by Crippen LogP contribution is -2.40. The number of aryl methyl sites for hydroxylation is 1. The van der Waals surface area contributed by atoms with Crippen molar-refractivity contribution < 1.29 is 47.4 Å². The maximum atomic E-state index is 12.1. The summed E-state index contributed by atoms with van der Waals surface area (Å²) in [6, 6.07) is 5.87. The summed E-state index contributed by atoms with van der Waals surface area (Å²) >= 11 is 0. The van der Waals surface area contributed by atoms with Gasteiger partial charge >= 0.3 is 19.8 Å². The number of ether oxygens (including phenoxy) is 3. The summed E-state index contributed by atoms with van der Waals surface area (Å²) in [7, 11) is -3.03. The largest absolute Gasteiger partial charge is 0.496 e. The van der Waals surface area contributed by atoms with Crippen LogP contribution < -0.4 is 10.5 Å². The second-order valence-electron chi connectivity index (χ2n) is 6.90. The molecule has 0 radical (unpaired) electrons. The molecule has 0 saturated carbocycles. The van der Waals surface area contributed by atoms with Crippen LogP contribution in [0.3, 0.4) is 0 Å². The Hall–Kier alpha value is -2.01. The Kier molecular flexibility index (Phi) is 9.89. The zero-order valence-corrected chi connectivity index (χ0v) is 18.1. The third kappa shape index (κ3) is 8.56. The van der Waals surface area contributed by atoms with Gasteiger partial charge in [0.05, 0.1) is 19.8 Å². The molecule has 1 saturated heterocycles. The third-order valence-corrected chi connectivity index (χ3v) is 5.59. The molecule has 0 aliphatic carbocycles. The molecule has 0 amide bonds. The molecular weight excluding hydrogens is 433 g/mol. The van der Waals surface area contributed by atoms with Crippen molar-refractivity contribution in [2.24, 2.45) is 5.73 Å². The first-order chi connectivity index (χ1) is 14.7. The Morgan fingerprint density at radius 1 is 1.35 bits per heavy atom. The highest BCUT2D eigenvalue weighted by Gasteiger charge is 2.36. The number of methoxy groups -OCH3 is 1. The van der Waals surface area contributed by atoms with Gasteiger partial charge in [0.15, 0.2) is 0 Å². The highest BCUT2D eigenvalue weighted by Crippen LogP contribution is 2.46. The fourth-order valence-electron chi connectivity index (χ4n) is 2.93. The van der Waals surface area contributed by atoms with Gasteiger partial charge in [-0.1, -0.05) is 18.2 Å². The number of nitrogens with two attached hydrogens (primary N) is 1. The van der Waals surface area contributed by atoms with Gasteiger partial charge in [-0.15, -0.1) is 0 Å². The van der Waals surface area contributed by atoms with Gasteiger partial charge in [-0.2, -0.15) is 0 Å². The van der Waals surface area contributed by atoms with E-state index in [0.717, 1.165) is 5.56 Å². The van der Waals surface area contributed by atoms with Crippen molar-refractivity contribution in [3.63, 3.8) is 0 Å². The van der Waals surface area contributed by atoms with Gasteiger partial charge in [-0.3, -0.25) is 18.6 Å². The van der Waals surface area contributed by atoms with E-state index in [-0.39, 0.29) is 13.0 Å². The Morgan fingerprint density at radius 3 is 2.81 bits per heavy atom. The molecule has 174 valence electrons. The molecule has 1 heterocycles. The number of carbonyl (C=O) groups excluding carboxylic acids is 1. The van der Waals surface area contributed by atoms with Crippen molar-refractivity contribution in [3.05, 3.63) is 29.8 Å². The van der Waals surface area contributed by atoms with Crippen LogP contribution in [0.4, 0.5) is 0 Å². The van der Waals surface area contributed by atoms with E-state index in [2.05, 4.69) is 4.52 Å². The van der Waals surface area contributed by atoms with Crippen molar-refractivity contribution in [3.8, 4) is 5.75 Å². The second-order valence-corrected chi connectivity index (χ2v) is 8.31. The number of esters is 1. The summed E-state index contributed by atoms with van der Waals surface area (Å²) < 4.78 is 37.9. The molecule has 1 aliphatic heterocycles. The first kappa shape index (κ1) is 25.3. The molecule has 0 aromatic heterocycles. The van der Waals surface area contributed by atoms with Crippen LogP contribution >= 0.6 is 7.82 Å². The van der Waals surface area contributed by atoms with Crippen molar-refractivity contribution in [1.29, 1.82) is 0 Å². The summed E-state index contributed by atoms with van der Waals surface area (Å²) in [4.78, 5) is 32.7. The molecule has 4 N–H and O–H groups in total. The van der Waals surface area contributed by atoms with Gasteiger partial charge in [-0.25, -0.2) is 4.57 Å². The molecule has 31 heavy (non-hydrogen) atoms. The van der Waals surface area contributed by atoms with Crippen LogP contribution in [0.15, 0.2) is 24.3 Å². The van der Waals surface area contributed by atoms with Crippen LogP contribution in [0.25, 0.3) is 0 Å². The van der Waals surface area contributed by atoms with E-state index < -0.39 is 44.6 Å². The van der Waals surface area contributed by atoms with E-state index >= 15 is 0 Å². The molecule has 1 aliphatic rings. The lowest BCUT2D eigenvalue weighted by Gasteiger charge is -2.32. The Bertz CT molecular complexity index is 789.